The van der Waals surface area contributed by atoms with Crippen molar-refractivity contribution in [2.75, 3.05) is 6.61 Å². The number of aliphatic carboxylic acids is 1. The third-order valence-electron chi connectivity index (χ3n) is 3.45. The lowest BCUT2D eigenvalue weighted by Crippen LogP contribution is -2.19. The van der Waals surface area contributed by atoms with E-state index in [9.17, 15) is 14.0 Å². The fourth-order valence-corrected chi connectivity index (χ4v) is 3.05. The number of thioether (sulfide) groups is 1. The molecule has 1 saturated heterocycles. The van der Waals surface area contributed by atoms with E-state index < -0.39 is 11.8 Å². The summed E-state index contributed by atoms with van der Waals surface area (Å²) in [4.78, 5) is 27.2. The summed E-state index contributed by atoms with van der Waals surface area (Å²) in [5.74, 6) is -1.05. The van der Waals surface area contributed by atoms with E-state index in [0.717, 1.165) is 5.56 Å². The quantitative estimate of drug-likeness (QED) is 0.741. The van der Waals surface area contributed by atoms with Gasteiger partial charge in [0.05, 0.1) is 23.6 Å². The molecule has 3 rings (SSSR count). The molecule has 0 atom stereocenters. The summed E-state index contributed by atoms with van der Waals surface area (Å²) in [6.45, 7) is 0.0912. The molecule has 2 N–H and O–H groups in total. The Morgan fingerprint density at radius 2 is 2.04 bits per heavy atom. The van der Waals surface area contributed by atoms with Crippen molar-refractivity contribution < 1.29 is 23.8 Å². The fourth-order valence-electron chi connectivity index (χ4n) is 2.21. The number of carbonyl (C=O) groups excluding carboxylic acids is 1. The van der Waals surface area contributed by atoms with Crippen molar-refractivity contribution in [1.29, 1.82) is 0 Å². The predicted molar refractivity (Wildman–Crippen MR) is 101 cm³/mol. The van der Waals surface area contributed by atoms with Crippen LogP contribution >= 0.6 is 11.8 Å². The van der Waals surface area contributed by atoms with Crippen LogP contribution in [0, 0.1) is 5.82 Å². The van der Waals surface area contributed by atoms with Gasteiger partial charge in [-0.3, -0.25) is 9.59 Å². The van der Waals surface area contributed by atoms with Gasteiger partial charge in [0, 0.05) is 0 Å². The van der Waals surface area contributed by atoms with E-state index in [1.165, 1.54) is 23.9 Å². The van der Waals surface area contributed by atoms with Crippen LogP contribution in [0.15, 0.2) is 58.4 Å². The van der Waals surface area contributed by atoms with Gasteiger partial charge in [-0.15, -0.1) is 0 Å². The number of nitrogens with zero attached hydrogens (tertiary/aromatic N) is 1. The molecule has 0 bridgehead atoms. The maximum atomic E-state index is 13.2. The molecule has 1 heterocycles. The number of carbonyl (C=O) groups is 2. The minimum Gasteiger partial charge on any atom is -0.493 e. The third-order valence-corrected chi connectivity index (χ3v) is 4.36. The number of ether oxygens (including phenoxy) is 1. The van der Waals surface area contributed by atoms with E-state index in [1.807, 2.05) is 0 Å². The molecule has 2 aromatic carbocycles. The van der Waals surface area contributed by atoms with Crippen molar-refractivity contribution in [2.45, 2.75) is 6.42 Å². The first kappa shape index (κ1) is 18.7. The molecular formula is C19H15FN2O4S. The Labute approximate surface area is 158 Å². The predicted octanol–water partition coefficient (Wildman–Crippen LogP) is 3.57. The highest BCUT2D eigenvalue weighted by Crippen LogP contribution is 2.28. The number of hydrogen-bond donors (Lipinski definition) is 2. The van der Waals surface area contributed by atoms with Gasteiger partial charge in [0.1, 0.15) is 11.6 Å². The normalized spacial score (nSPS) is 16.6. The van der Waals surface area contributed by atoms with E-state index in [-0.39, 0.29) is 18.9 Å². The van der Waals surface area contributed by atoms with Crippen LogP contribution in [-0.2, 0) is 9.59 Å². The van der Waals surface area contributed by atoms with E-state index in [4.69, 9.17) is 9.84 Å². The molecule has 0 aliphatic carbocycles. The molecule has 8 heteroatoms. The number of nitrogens with one attached hydrogen (secondary N) is 1. The molecule has 2 aromatic rings. The molecule has 138 valence electrons. The van der Waals surface area contributed by atoms with Crippen molar-refractivity contribution in [3.05, 3.63) is 64.8 Å². The molecule has 1 aliphatic heterocycles. The molecule has 0 unspecified atom stereocenters. The average molecular weight is 386 g/mol. The minimum atomic E-state index is -0.920. The zero-order chi connectivity index (χ0) is 19.2. The van der Waals surface area contributed by atoms with Crippen LogP contribution in [0.3, 0.4) is 0 Å². The van der Waals surface area contributed by atoms with Crippen LogP contribution in [0.1, 0.15) is 12.0 Å². The number of rotatable bonds is 6. The molecule has 27 heavy (non-hydrogen) atoms. The number of benzene rings is 2. The first-order valence-electron chi connectivity index (χ1n) is 7.99. The summed E-state index contributed by atoms with van der Waals surface area (Å²) < 4.78 is 18.5. The number of carboxylic acids is 1. The molecule has 0 spiro atoms. The monoisotopic (exact) mass is 386 g/mol. The van der Waals surface area contributed by atoms with Crippen LogP contribution in [-0.4, -0.2) is 28.8 Å². The van der Waals surface area contributed by atoms with Gasteiger partial charge >= 0.3 is 5.97 Å². The maximum Gasteiger partial charge on any atom is 0.306 e. The lowest BCUT2D eigenvalue weighted by atomic mass is 10.2. The van der Waals surface area contributed by atoms with Gasteiger partial charge in [-0.2, -0.15) is 0 Å². The molecule has 1 fully saturated rings. The second-order valence-corrected chi connectivity index (χ2v) is 6.55. The second-order valence-electron chi connectivity index (χ2n) is 5.52. The molecule has 0 aromatic heterocycles. The Hall–Kier alpha value is -3.13. The number of hydrogen-bond acceptors (Lipinski definition) is 5. The summed E-state index contributed by atoms with van der Waals surface area (Å²) in [7, 11) is 0. The molecule has 1 amide bonds. The summed E-state index contributed by atoms with van der Waals surface area (Å²) in [5.41, 5.74) is 1.20. The van der Waals surface area contributed by atoms with Crippen LogP contribution in [0.2, 0.25) is 0 Å². The molecule has 0 saturated carbocycles. The summed E-state index contributed by atoms with van der Waals surface area (Å²) >= 11 is 1.17. The molecule has 0 radical (unpaired) electrons. The van der Waals surface area contributed by atoms with Gasteiger partial charge in [0.25, 0.3) is 5.91 Å². The smallest absolute Gasteiger partial charge is 0.306 e. The van der Waals surface area contributed by atoms with Crippen LogP contribution < -0.4 is 10.1 Å². The zero-order valence-corrected chi connectivity index (χ0v) is 14.8. The summed E-state index contributed by atoms with van der Waals surface area (Å²) in [6.07, 6.45) is 1.63. The number of amides is 1. The summed E-state index contributed by atoms with van der Waals surface area (Å²) in [6, 6.07) is 12.7. The van der Waals surface area contributed by atoms with Crippen molar-refractivity contribution in [3.8, 4) is 5.75 Å². The number of carboxylic acid groups (broad SMARTS) is 1. The molecular weight excluding hydrogens is 371 g/mol. The lowest BCUT2D eigenvalue weighted by molar-refractivity contribution is -0.137. The topological polar surface area (TPSA) is 88.0 Å². The van der Waals surface area contributed by atoms with Crippen LogP contribution in [0.5, 0.6) is 5.75 Å². The Morgan fingerprint density at radius 3 is 2.74 bits per heavy atom. The van der Waals surface area contributed by atoms with Gasteiger partial charge < -0.3 is 15.2 Å². The minimum absolute atomic E-state index is 0.0734. The van der Waals surface area contributed by atoms with Gasteiger partial charge in [-0.1, -0.05) is 18.2 Å². The Kier molecular flexibility index (Phi) is 5.87. The first-order valence-corrected chi connectivity index (χ1v) is 8.81. The second kappa shape index (κ2) is 8.50. The number of halogens is 1. The lowest BCUT2D eigenvalue weighted by Gasteiger charge is -2.04. The fraction of sp³-hybridized carbons (Fsp3) is 0.105. The SMILES string of the molecule is O=C(O)CCOc1ccc(/C=C2/SC(=Nc3cccc(F)c3)NC2=O)cc1. The highest BCUT2D eigenvalue weighted by molar-refractivity contribution is 8.18. The van der Waals surface area contributed by atoms with Crippen molar-refractivity contribution in [1.82, 2.24) is 5.32 Å². The average Bonchev–Trinajstić information content (AvgIpc) is 2.95. The van der Waals surface area contributed by atoms with Gasteiger partial charge in [-0.25, -0.2) is 9.38 Å². The molecule has 6 nitrogen and oxygen atoms in total. The number of aliphatic imine (C=N–C) groups is 1. The van der Waals surface area contributed by atoms with Crippen LogP contribution in [0.25, 0.3) is 6.08 Å². The first-order chi connectivity index (χ1) is 13.0. The number of amidine groups is 1. The van der Waals surface area contributed by atoms with E-state index in [1.54, 1.807) is 42.5 Å². The standard InChI is InChI=1S/C19H15FN2O4S/c20-13-2-1-3-14(11-13)21-19-22-18(25)16(27-19)10-12-4-6-15(7-5-12)26-9-8-17(23)24/h1-7,10-11H,8-9H2,(H,23,24)(H,21,22,25)/b16-10+. The van der Waals surface area contributed by atoms with Crippen molar-refractivity contribution in [3.63, 3.8) is 0 Å². The Bertz CT molecular complexity index is 926. The van der Waals surface area contributed by atoms with E-state index in [2.05, 4.69) is 10.3 Å². The van der Waals surface area contributed by atoms with Gasteiger partial charge in [0.15, 0.2) is 5.17 Å². The maximum absolute atomic E-state index is 13.2. The van der Waals surface area contributed by atoms with Gasteiger partial charge in [-0.05, 0) is 53.7 Å². The molecule has 1 aliphatic rings. The Morgan fingerprint density at radius 1 is 1.26 bits per heavy atom. The van der Waals surface area contributed by atoms with Crippen LogP contribution in [0.4, 0.5) is 10.1 Å². The highest BCUT2D eigenvalue weighted by atomic mass is 32.2. The highest BCUT2D eigenvalue weighted by Gasteiger charge is 2.23. The van der Waals surface area contributed by atoms with Crippen molar-refractivity contribution in [2.24, 2.45) is 4.99 Å². The third kappa shape index (κ3) is 5.42. The van der Waals surface area contributed by atoms with Gasteiger partial charge in [0.2, 0.25) is 0 Å². The summed E-state index contributed by atoms with van der Waals surface area (Å²) in [5, 5.41) is 11.6. The largest absolute Gasteiger partial charge is 0.493 e. The van der Waals surface area contributed by atoms with E-state index in [0.29, 0.717) is 21.5 Å². The zero-order valence-electron chi connectivity index (χ0n) is 14.0. The Balaban J connectivity index is 1.66. The van der Waals surface area contributed by atoms with E-state index >= 15 is 0 Å². The van der Waals surface area contributed by atoms with Crippen molar-refractivity contribution >= 4 is 40.6 Å².